The standard InChI is InChI=1S/C12H26N2/c1-5-8-13-11(3)12(4)14-9-6-7-10(14)2/h10-13H,5-9H2,1-4H3. The van der Waals surface area contributed by atoms with Crippen LogP contribution in [0.4, 0.5) is 0 Å². The minimum atomic E-state index is 0.621. The van der Waals surface area contributed by atoms with Crippen LogP contribution in [0.25, 0.3) is 0 Å². The third-order valence-electron chi connectivity index (χ3n) is 3.57. The van der Waals surface area contributed by atoms with E-state index in [9.17, 15) is 0 Å². The first-order valence-electron chi connectivity index (χ1n) is 6.16. The Balaban J connectivity index is 2.34. The predicted octanol–water partition coefficient (Wildman–Crippen LogP) is 2.25. The zero-order valence-corrected chi connectivity index (χ0v) is 10.2. The molecule has 1 heterocycles. The first-order valence-corrected chi connectivity index (χ1v) is 6.16. The van der Waals surface area contributed by atoms with Gasteiger partial charge in [0.05, 0.1) is 0 Å². The number of hydrogen-bond donors (Lipinski definition) is 1. The van der Waals surface area contributed by atoms with Gasteiger partial charge in [-0.15, -0.1) is 0 Å². The lowest BCUT2D eigenvalue weighted by molar-refractivity contribution is 0.169. The molecule has 14 heavy (non-hydrogen) atoms. The Bertz CT molecular complexity index is 158. The molecule has 0 aromatic rings. The molecule has 2 nitrogen and oxygen atoms in total. The Morgan fingerprint density at radius 1 is 1.43 bits per heavy atom. The highest BCUT2D eigenvalue weighted by molar-refractivity contribution is 4.85. The van der Waals surface area contributed by atoms with Crippen LogP contribution in [0.5, 0.6) is 0 Å². The summed E-state index contributed by atoms with van der Waals surface area (Å²) in [6.45, 7) is 11.7. The summed E-state index contributed by atoms with van der Waals surface area (Å²) in [6.07, 6.45) is 3.99. The van der Waals surface area contributed by atoms with E-state index in [2.05, 4.69) is 37.9 Å². The second-order valence-corrected chi connectivity index (χ2v) is 4.71. The van der Waals surface area contributed by atoms with Crippen molar-refractivity contribution in [1.82, 2.24) is 10.2 Å². The summed E-state index contributed by atoms with van der Waals surface area (Å²) >= 11 is 0. The Labute approximate surface area is 89.1 Å². The van der Waals surface area contributed by atoms with Crippen molar-refractivity contribution < 1.29 is 0 Å². The van der Waals surface area contributed by atoms with Crippen molar-refractivity contribution >= 4 is 0 Å². The molecule has 0 spiro atoms. The number of nitrogens with zero attached hydrogens (tertiary/aromatic N) is 1. The van der Waals surface area contributed by atoms with Crippen LogP contribution in [-0.4, -0.2) is 36.1 Å². The van der Waals surface area contributed by atoms with Gasteiger partial charge in [-0.25, -0.2) is 0 Å². The first-order chi connectivity index (χ1) is 6.66. The van der Waals surface area contributed by atoms with Crippen molar-refractivity contribution in [2.75, 3.05) is 13.1 Å². The number of nitrogens with one attached hydrogen (secondary N) is 1. The van der Waals surface area contributed by atoms with E-state index in [1.807, 2.05) is 0 Å². The van der Waals surface area contributed by atoms with Gasteiger partial charge in [0.1, 0.15) is 0 Å². The Kier molecular flexibility index (Phi) is 4.90. The molecule has 0 radical (unpaired) electrons. The molecule has 3 unspecified atom stereocenters. The van der Waals surface area contributed by atoms with Crippen LogP contribution in [-0.2, 0) is 0 Å². The van der Waals surface area contributed by atoms with Gasteiger partial charge in [0, 0.05) is 18.1 Å². The molecule has 0 saturated carbocycles. The maximum atomic E-state index is 3.59. The maximum absolute atomic E-state index is 3.59. The highest BCUT2D eigenvalue weighted by Crippen LogP contribution is 2.20. The van der Waals surface area contributed by atoms with Gasteiger partial charge in [0.25, 0.3) is 0 Å². The van der Waals surface area contributed by atoms with Crippen LogP contribution in [0.3, 0.4) is 0 Å². The fourth-order valence-corrected chi connectivity index (χ4v) is 2.39. The van der Waals surface area contributed by atoms with E-state index >= 15 is 0 Å². The van der Waals surface area contributed by atoms with Crippen LogP contribution in [0.15, 0.2) is 0 Å². The van der Waals surface area contributed by atoms with E-state index in [0.717, 1.165) is 12.6 Å². The summed E-state index contributed by atoms with van der Waals surface area (Å²) in [5, 5.41) is 3.59. The molecule has 1 fully saturated rings. The van der Waals surface area contributed by atoms with Gasteiger partial charge >= 0.3 is 0 Å². The average Bonchev–Trinajstić information content (AvgIpc) is 2.59. The van der Waals surface area contributed by atoms with Gasteiger partial charge in [-0.05, 0) is 53.1 Å². The van der Waals surface area contributed by atoms with Crippen molar-refractivity contribution in [3.63, 3.8) is 0 Å². The smallest absolute Gasteiger partial charge is 0.0221 e. The lowest BCUT2D eigenvalue weighted by Crippen LogP contribution is -2.48. The molecule has 1 saturated heterocycles. The molecular weight excluding hydrogens is 172 g/mol. The van der Waals surface area contributed by atoms with Crippen molar-refractivity contribution in [3.8, 4) is 0 Å². The second-order valence-electron chi connectivity index (χ2n) is 4.71. The van der Waals surface area contributed by atoms with Crippen LogP contribution >= 0.6 is 0 Å². The second kappa shape index (κ2) is 5.72. The number of hydrogen-bond acceptors (Lipinski definition) is 2. The predicted molar refractivity (Wildman–Crippen MR) is 62.6 cm³/mol. The summed E-state index contributed by atoms with van der Waals surface area (Å²) in [5.74, 6) is 0. The SMILES string of the molecule is CCCNC(C)C(C)N1CCCC1C. The molecule has 1 aliphatic rings. The highest BCUT2D eigenvalue weighted by Gasteiger charge is 2.27. The van der Waals surface area contributed by atoms with E-state index in [1.54, 1.807) is 0 Å². The molecule has 0 aromatic carbocycles. The summed E-state index contributed by atoms with van der Waals surface area (Å²) in [6, 6.07) is 2.09. The molecule has 2 heteroatoms. The van der Waals surface area contributed by atoms with Crippen LogP contribution in [0.1, 0.15) is 47.0 Å². The van der Waals surface area contributed by atoms with Gasteiger partial charge in [-0.3, -0.25) is 4.90 Å². The van der Waals surface area contributed by atoms with Gasteiger partial charge in [0.2, 0.25) is 0 Å². The van der Waals surface area contributed by atoms with E-state index in [-0.39, 0.29) is 0 Å². The largest absolute Gasteiger partial charge is 0.313 e. The Morgan fingerprint density at radius 3 is 2.64 bits per heavy atom. The molecule has 0 aromatic heterocycles. The first kappa shape index (κ1) is 12.0. The lowest BCUT2D eigenvalue weighted by Gasteiger charge is -2.33. The fourth-order valence-electron chi connectivity index (χ4n) is 2.39. The van der Waals surface area contributed by atoms with Gasteiger partial charge in [-0.1, -0.05) is 6.92 Å². The number of rotatable bonds is 5. The molecule has 0 bridgehead atoms. The summed E-state index contributed by atoms with van der Waals surface area (Å²) in [4.78, 5) is 2.65. The summed E-state index contributed by atoms with van der Waals surface area (Å²) in [7, 11) is 0. The monoisotopic (exact) mass is 198 g/mol. The minimum absolute atomic E-state index is 0.621. The average molecular weight is 198 g/mol. The topological polar surface area (TPSA) is 15.3 Å². The summed E-state index contributed by atoms with van der Waals surface area (Å²) < 4.78 is 0. The van der Waals surface area contributed by atoms with Crippen molar-refractivity contribution in [2.24, 2.45) is 0 Å². The molecular formula is C12H26N2. The third-order valence-corrected chi connectivity index (χ3v) is 3.57. The van der Waals surface area contributed by atoms with E-state index in [0.29, 0.717) is 12.1 Å². The maximum Gasteiger partial charge on any atom is 0.0221 e. The van der Waals surface area contributed by atoms with E-state index in [1.165, 1.54) is 25.8 Å². The fraction of sp³-hybridized carbons (Fsp3) is 1.00. The zero-order valence-electron chi connectivity index (χ0n) is 10.2. The third kappa shape index (κ3) is 2.96. The van der Waals surface area contributed by atoms with Crippen molar-refractivity contribution in [2.45, 2.75) is 65.1 Å². The molecule has 1 aliphatic heterocycles. The quantitative estimate of drug-likeness (QED) is 0.729. The van der Waals surface area contributed by atoms with Gasteiger partial charge in [-0.2, -0.15) is 0 Å². The van der Waals surface area contributed by atoms with E-state index < -0.39 is 0 Å². The lowest BCUT2D eigenvalue weighted by atomic mass is 10.1. The van der Waals surface area contributed by atoms with Gasteiger partial charge < -0.3 is 5.32 Å². The zero-order chi connectivity index (χ0) is 10.6. The van der Waals surface area contributed by atoms with E-state index in [4.69, 9.17) is 0 Å². The normalized spacial score (nSPS) is 27.9. The van der Waals surface area contributed by atoms with Crippen LogP contribution < -0.4 is 5.32 Å². The van der Waals surface area contributed by atoms with Crippen LogP contribution in [0.2, 0.25) is 0 Å². The molecule has 3 atom stereocenters. The van der Waals surface area contributed by atoms with Crippen molar-refractivity contribution in [1.29, 1.82) is 0 Å². The minimum Gasteiger partial charge on any atom is -0.313 e. The molecule has 1 rings (SSSR count). The van der Waals surface area contributed by atoms with Gasteiger partial charge in [0.15, 0.2) is 0 Å². The van der Waals surface area contributed by atoms with Crippen LogP contribution in [0, 0.1) is 0 Å². The Morgan fingerprint density at radius 2 is 2.14 bits per heavy atom. The highest BCUT2D eigenvalue weighted by atomic mass is 15.2. The molecule has 84 valence electrons. The Hall–Kier alpha value is -0.0800. The molecule has 0 aliphatic carbocycles. The van der Waals surface area contributed by atoms with Crippen molar-refractivity contribution in [3.05, 3.63) is 0 Å². The molecule has 1 N–H and O–H groups in total. The molecule has 0 amide bonds. The number of likely N-dealkylation sites (tertiary alicyclic amines) is 1. The summed E-state index contributed by atoms with van der Waals surface area (Å²) in [5.41, 5.74) is 0.